The van der Waals surface area contributed by atoms with E-state index in [0.29, 0.717) is 5.56 Å². The lowest BCUT2D eigenvalue weighted by molar-refractivity contribution is -0.158. The first-order chi connectivity index (χ1) is 14.0. The highest BCUT2D eigenvalue weighted by molar-refractivity contribution is 5.86. The summed E-state index contributed by atoms with van der Waals surface area (Å²) in [5, 5.41) is 11.9. The summed E-state index contributed by atoms with van der Waals surface area (Å²) in [7, 11) is 1.18. The van der Waals surface area contributed by atoms with Gasteiger partial charge in [0.1, 0.15) is 18.4 Å². The average Bonchev–Trinajstić information content (AvgIpc) is 2.73. The minimum Gasteiger partial charge on any atom is -0.508 e. The molecule has 0 heterocycles. The number of phenols is 1. The van der Waals surface area contributed by atoms with Crippen LogP contribution in [0.3, 0.4) is 0 Å². The zero-order valence-electron chi connectivity index (χ0n) is 16.0. The predicted molar refractivity (Wildman–Crippen MR) is 103 cm³/mol. The Morgan fingerprint density at radius 2 is 1.66 bits per heavy atom. The van der Waals surface area contributed by atoms with Gasteiger partial charge in [-0.2, -0.15) is 0 Å². The summed E-state index contributed by atoms with van der Waals surface area (Å²) in [6.45, 7) is -0.545. The molecular formula is C21H23NO7. The van der Waals surface area contributed by atoms with E-state index in [9.17, 15) is 19.5 Å². The van der Waals surface area contributed by atoms with Gasteiger partial charge in [-0.1, -0.05) is 42.5 Å². The molecule has 154 valence electrons. The molecule has 2 N–H and O–H groups in total. The van der Waals surface area contributed by atoms with E-state index in [1.165, 1.54) is 19.2 Å². The van der Waals surface area contributed by atoms with Crippen LogP contribution in [-0.2, 0) is 41.6 Å². The van der Waals surface area contributed by atoms with Crippen LogP contribution < -0.4 is 5.32 Å². The molecule has 0 spiro atoms. The average molecular weight is 401 g/mol. The van der Waals surface area contributed by atoms with Crippen molar-refractivity contribution in [3.05, 3.63) is 65.7 Å². The van der Waals surface area contributed by atoms with Crippen LogP contribution in [-0.4, -0.2) is 49.3 Å². The van der Waals surface area contributed by atoms with Gasteiger partial charge in [0.25, 0.3) is 0 Å². The quantitative estimate of drug-likeness (QED) is 0.578. The lowest BCUT2D eigenvalue weighted by Gasteiger charge is -2.18. The molecule has 0 saturated heterocycles. The third kappa shape index (κ3) is 8.02. The van der Waals surface area contributed by atoms with Crippen LogP contribution in [0.2, 0.25) is 0 Å². The third-order valence-corrected chi connectivity index (χ3v) is 3.90. The number of ether oxygens (including phenoxy) is 3. The first kappa shape index (κ1) is 21.9. The molecule has 0 aliphatic heterocycles. The second-order valence-corrected chi connectivity index (χ2v) is 6.15. The number of carbonyl (C=O) groups is 3. The maximum absolute atomic E-state index is 12.3. The number of aromatic hydroxyl groups is 1. The SMILES string of the molecule is COC(=O)COC(=O)C(Cc1ccc(O)cc1)NC(=O)COCc1ccccc1. The van der Waals surface area contributed by atoms with Crippen molar-refractivity contribution in [2.24, 2.45) is 0 Å². The molecule has 1 unspecified atom stereocenters. The fraction of sp³-hybridized carbons (Fsp3) is 0.286. The number of amides is 1. The van der Waals surface area contributed by atoms with Gasteiger partial charge in [0.15, 0.2) is 6.61 Å². The minimum absolute atomic E-state index is 0.0805. The second kappa shape index (κ2) is 11.5. The van der Waals surface area contributed by atoms with E-state index in [4.69, 9.17) is 9.47 Å². The predicted octanol–water partition coefficient (Wildman–Crippen LogP) is 1.35. The van der Waals surface area contributed by atoms with Crippen molar-refractivity contribution in [3.63, 3.8) is 0 Å². The van der Waals surface area contributed by atoms with Crippen LogP contribution in [0.25, 0.3) is 0 Å². The maximum atomic E-state index is 12.3. The molecule has 2 aromatic carbocycles. The van der Waals surface area contributed by atoms with Crippen LogP contribution in [0, 0.1) is 0 Å². The van der Waals surface area contributed by atoms with Gasteiger partial charge >= 0.3 is 11.9 Å². The summed E-state index contributed by atoms with van der Waals surface area (Å²) >= 11 is 0. The van der Waals surface area contributed by atoms with Crippen molar-refractivity contribution < 1.29 is 33.7 Å². The molecular weight excluding hydrogens is 378 g/mol. The maximum Gasteiger partial charge on any atom is 0.344 e. The first-order valence-electron chi connectivity index (χ1n) is 8.90. The summed E-state index contributed by atoms with van der Waals surface area (Å²) in [4.78, 5) is 35.7. The van der Waals surface area contributed by atoms with E-state index in [-0.39, 0.29) is 25.4 Å². The molecule has 0 radical (unpaired) electrons. The Kier molecular flexibility index (Phi) is 8.65. The van der Waals surface area contributed by atoms with Gasteiger partial charge in [-0.15, -0.1) is 0 Å². The Morgan fingerprint density at radius 1 is 0.966 bits per heavy atom. The largest absolute Gasteiger partial charge is 0.508 e. The number of methoxy groups -OCH3 is 1. The van der Waals surface area contributed by atoms with Gasteiger partial charge in [-0.05, 0) is 23.3 Å². The summed E-state index contributed by atoms with van der Waals surface area (Å²) in [6, 6.07) is 14.5. The highest BCUT2D eigenvalue weighted by Gasteiger charge is 2.24. The van der Waals surface area contributed by atoms with Crippen molar-refractivity contribution in [2.75, 3.05) is 20.3 Å². The highest BCUT2D eigenvalue weighted by atomic mass is 16.6. The molecule has 0 fully saturated rings. The lowest BCUT2D eigenvalue weighted by Crippen LogP contribution is -2.45. The molecule has 0 aliphatic rings. The Morgan fingerprint density at radius 3 is 2.31 bits per heavy atom. The van der Waals surface area contributed by atoms with Crippen LogP contribution in [0.15, 0.2) is 54.6 Å². The van der Waals surface area contributed by atoms with Crippen LogP contribution >= 0.6 is 0 Å². The van der Waals surface area contributed by atoms with Crippen molar-refractivity contribution in [3.8, 4) is 5.75 Å². The first-order valence-corrected chi connectivity index (χ1v) is 8.90. The molecule has 29 heavy (non-hydrogen) atoms. The number of nitrogens with one attached hydrogen (secondary N) is 1. The topological polar surface area (TPSA) is 111 Å². The fourth-order valence-electron chi connectivity index (χ4n) is 2.42. The summed E-state index contributed by atoms with van der Waals surface area (Å²) < 4.78 is 14.7. The highest BCUT2D eigenvalue weighted by Crippen LogP contribution is 2.12. The van der Waals surface area contributed by atoms with Crippen LogP contribution in [0.1, 0.15) is 11.1 Å². The third-order valence-electron chi connectivity index (χ3n) is 3.90. The lowest BCUT2D eigenvalue weighted by atomic mass is 10.1. The number of hydrogen-bond acceptors (Lipinski definition) is 7. The van der Waals surface area contributed by atoms with Gasteiger partial charge in [0.2, 0.25) is 5.91 Å². The van der Waals surface area contributed by atoms with Gasteiger partial charge in [0, 0.05) is 6.42 Å². The Hall–Kier alpha value is -3.39. The zero-order chi connectivity index (χ0) is 21.1. The molecule has 1 atom stereocenters. The van der Waals surface area contributed by atoms with E-state index in [2.05, 4.69) is 10.1 Å². The van der Waals surface area contributed by atoms with Gasteiger partial charge < -0.3 is 24.6 Å². The summed E-state index contributed by atoms with van der Waals surface area (Å²) in [5.41, 5.74) is 1.60. The van der Waals surface area contributed by atoms with Gasteiger partial charge in [-0.3, -0.25) is 4.79 Å². The summed E-state index contributed by atoms with van der Waals surface area (Å²) in [5.74, 6) is -1.91. The van der Waals surface area contributed by atoms with Gasteiger partial charge in [-0.25, -0.2) is 9.59 Å². The number of carbonyl (C=O) groups excluding carboxylic acids is 3. The second-order valence-electron chi connectivity index (χ2n) is 6.15. The molecule has 8 nitrogen and oxygen atoms in total. The van der Waals surface area contributed by atoms with E-state index in [1.54, 1.807) is 12.1 Å². The van der Waals surface area contributed by atoms with Crippen LogP contribution in [0.4, 0.5) is 0 Å². The molecule has 2 aromatic rings. The normalized spacial score (nSPS) is 11.3. The number of rotatable bonds is 10. The van der Waals surface area contributed by atoms with Gasteiger partial charge in [0.05, 0.1) is 13.7 Å². The van der Waals surface area contributed by atoms with E-state index in [1.807, 2.05) is 30.3 Å². The molecule has 2 rings (SSSR count). The molecule has 0 aromatic heterocycles. The van der Waals surface area contributed by atoms with E-state index in [0.717, 1.165) is 5.56 Å². The minimum atomic E-state index is -1.03. The molecule has 1 amide bonds. The Labute approximate surface area is 168 Å². The number of benzene rings is 2. The summed E-state index contributed by atoms with van der Waals surface area (Å²) in [6.07, 6.45) is 0.116. The van der Waals surface area contributed by atoms with E-state index >= 15 is 0 Å². The zero-order valence-corrected chi connectivity index (χ0v) is 16.0. The standard InChI is InChI=1S/C21H23NO7/c1-27-20(25)14-29-21(26)18(11-15-7-9-17(23)10-8-15)22-19(24)13-28-12-16-5-3-2-4-6-16/h2-10,18,23H,11-14H2,1H3,(H,22,24). The Bertz CT molecular complexity index is 806. The van der Waals surface area contributed by atoms with E-state index < -0.39 is 30.5 Å². The van der Waals surface area contributed by atoms with Crippen molar-refractivity contribution in [1.82, 2.24) is 5.32 Å². The molecule has 0 aliphatic carbocycles. The Balaban J connectivity index is 1.93. The fourth-order valence-corrected chi connectivity index (χ4v) is 2.42. The van der Waals surface area contributed by atoms with Crippen molar-refractivity contribution in [2.45, 2.75) is 19.1 Å². The molecule has 8 heteroatoms. The molecule has 0 saturated carbocycles. The van der Waals surface area contributed by atoms with Crippen molar-refractivity contribution in [1.29, 1.82) is 0 Å². The molecule has 0 bridgehead atoms. The monoisotopic (exact) mass is 401 g/mol. The number of hydrogen-bond donors (Lipinski definition) is 2. The van der Waals surface area contributed by atoms with Crippen molar-refractivity contribution >= 4 is 17.8 Å². The number of esters is 2. The van der Waals surface area contributed by atoms with Crippen LogP contribution in [0.5, 0.6) is 5.75 Å². The number of phenolic OH excluding ortho intramolecular Hbond substituents is 1. The smallest absolute Gasteiger partial charge is 0.344 e.